The molecule has 0 radical (unpaired) electrons. The van der Waals surface area contributed by atoms with Crippen LogP contribution in [0.5, 0.6) is 0 Å². The first kappa shape index (κ1) is 16.4. The van der Waals surface area contributed by atoms with Crippen molar-refractivity contribution < 1.29 is 13.3 Å². The largest absolute Gasteiger partial charge is 0.367 e. The SMILES string of the molecule is NS(=O)(=O)c1ccc2c(c1)N(Cc1ccccc1[N+](=O)[O-])CCC2. The third-order valence-corrected chi connectivity index (χ3v) is 5.06. The second-order valence-electron chi connectivity index (χ2n) is 5.75. The summed E-state index contributed by atoms with van der Waals surface area (Å²) in [5.74, 6) is 0. The van der Waals surface area contributed by atoms with Gasteiger partial charge in [-0.05, 0) is 30.5 Å². The Morgan fingerprint density at radius 2 is 1.96 bits per heavy atom. The van der Waals surface area contributed by atoms with Gasteiger partial charge < -0.3 is 4.90 Å². The van der Waals surface area contributed by atoms with Gasteiger partial charge in [-0.15, -0.1) is 0 Å². The molecule has 0 unspecified atom stereocenters. The number of nitrogens with two attached hydrogens (primary N) is 1. The topological polar surface area (TPSA) is 107 Å². The third-order valence-electron chi connectivity index (χ3n) is 4.15. The molecular formula is C16H17N3O4S. The molecule has 2 N–H and O–H groups in total. The Morgan fingerprint density at radius 3 is 2.67 bits per heavy atom. The molecule has 1 aliphatic heterocycles. The van der Waals surface area contributed by atoms with Crippen LogP contribution >= 0.6 is 0 Å². The van der Waals surface area contributed by atoms with Crippen LogP contribution in [0.25, 0.3) is 0 Å². The summed E-state index contributed by atoms with van der Waals surface area (Å²) in [6.45, 7) is 1.05. The maximum absolute atomic E-state index is 11.6. The zero-order valence-corrected chi connectivity index (χ0v) is 13.7. The van der Waals surface area contributed by atoms with Gasteiger partial charge in [-0.1, -0.05) is 24.3 Å². The highest BCUT2D eigenvalue weighted by molar-refractivity contribution is 7.89. The minimum atomic E-state index is -3.79. The summed E-state index contributed by atoms with van der Waals surface area (Å²) in [6, 6.07) is 11.4. The van der Waals surface area contributed by atoms with Crippen LogP contribution in [0.15, 0.2) is 47.4 Å². The molecule has 0 aliphatic carbocycles. The van der Waals surface area contributed by atoms with Gasteiger partial charge in [-0.3, -0.25) is 10.1 Å². The average Bonchev–Trinajstić information content (AvgIpc) is 2.54. The Balaban J connectivity index is 2.00. The van der Waals surface area contributed by atoms with Gasteiger partial charge in [0.1, 0.15) is 0 Å². The molecule has 0 saturated carbocycles. The smallest absolute Gasteiger partial charge is 0.274 e. The number of hydrogen-bond donors (Lipinski definition) is 1. The van der Waals surface area contributed by atoms with Crippen molar-refractivity contribution in [1.29, 1.82) is 0 Å². The molecule has 0 spiro atoms. The van der Waals surface area contributed by atoms with Crippen molar-refractivity contribution in [2.45, 2.75) is 24.3 Å². The number of nitro benzene ring substituents is 1. The molecule has 0 amide bonds. The number of anilines is 1. The zero-order valence-electron chi connectivity index (χ0n) is 12.9. The molecule has 3 rings (SSSR count). The number of para-hydroxylation sites is 1. The van der Waals surface area contributed by atoms with Crippen LogP contribution in [0.4, 0.5) is 11.4 Å². The van der Waals surface area contributed by atoms with Crippen molar-refractivity contribution in [2.75, 3.05) is 11.4 Å². The summed E-state index contributed by atoms with van der Waals surface area (Å²) in [5, 5.41) is 16.4. The number of sulfonamides is 1. The number of aryl methyl sites for hydroxylation is 1. The van der Waals surface area contributed by atoms with Crippen LogP contribution in [0.1, 0.15) is 17.5 Å². The molecule has 2 aromatic carbocycles. The highest BCUT2D eigenvalue weighted by Gasteiger charge is 2.22. The van der Waals surface area contributed by atoms with E-state index in [0.29, 0.717) is 18.7 Å². The molecule has 126 valence electrons. The van der Waals surface area contributed by atoms with E-state index in [2.05, 4.69) is 0 Å². The van der Waals surface area contributed by atoms with Gasteiger partial charge in [-0.25, -0.2) is 13.6 Å². The predicted octanol–water partition coefficient (Wildman–Crippen LogP) is 2.20. The number of nitro groups is 1. The fourth-order valence-corrected chi connectivity index (χ4v) is 3.53. The van der Waals surface area contributed by atoms with Crippen LogP contribution < -0.4 is 10.0 Å². The first-order chi connectivity index (χ1) is 11.4. The summed E-state index contributed by atoms with van der Waals surface area (Å²) < 4.78 is 23.2. The number of nitrogens with zero attached hydrogens (tertiary/aromatic N) is 2. The molecule has 24 heavy (non-hydrogen) atoms. The maximum Gasteiger partial charge on any atom is 0.274 e. The lowest BCUT2D eigenvalue weighted by Crippen LogP contribution is -2.29. The standard InChI is InChI=1S/C16H17N3O4S/c17-24(22,23)14-8-7-12-5-3-9-18(16(12)10-14)11-13-4-1-2-6-15(13)19(20)21/h1-2,4,6-8,10H,3,5,9,11H2,(H2,17,22,23). The van der Waals surface area contributed by atoms with Crippen LogP contribution in [0.2, 0.25) is 0 Å². The number of benzene rings is 2. The van der Waals surface area contributed by atoms with E-state index in [4.69, 9.17) is 5.14 Å². The molecule has 0 aromatic heterocycles. The lowest BCUT2D eigenvalue weighted by Gasteiger charge is -2.31. The van der Waals surface area contributed by atoms with Gasteiger partial charge in [0.15, 0.2) is 0 Å². The summed E-state index contributed by atoms with van der Waals surface area (Å²) in [7, 11) is -3.79. The Bertz CT molecular complexity index is 896. The van der Waals surface area contributed by atoms with Crippen molar-refractivity contribution in [3.05, 3.63) is 63.7 Å². The summed E-state index contributed by atoms with van der Waals surface area (Å²) >= 11 is 0. The Kier molecular flexibility index (Phi) is 4.25. The van der Waals surface area contributed by atoms with E-state index in [0.717, 1.165) is 24.1 Å². The molecule has 2 aromatic rings. The zero-order chi connectivity index (χ0) is 17.3. The summed E-state index contributed by atoms with van der Waals surface area (Å²) in [6.07, 6.45) is 1.75. The van der Waals surface area contributed by atoms with E-state index in [1.807, 2.05) is 4.90 Å². The predicted molar refractivity (Wildman–Crippen MR) is 90.3 cm³/mol. The van der Waals surface area contributed by atoms with Crippen molar-refractivity contribution >= 4 is 21.4 Å². The number of fused-ring (bicyclic) bond motifs is 1. The summed E-state index contributed by atoms with van der Waals surface area (Å²) in [5.41, 5.74) is 2.45. The van der Waals surface area contributed by atoms with Crippen molar-refractivity contribution in [3.63, 3.8) is 0 Å². The lowest BCUT2D eigenvalue weighted by molar-refractivity contribution is -0.385. The number of hydrogen-bond acceptors (Lipinski definition) is 5. The monoisotopic (exact) mass is 347 g/mol. The van der Waals surface area contributed by atoms with Crippen molar-refractivity contribution in [2.24, 2.45) is 5.14 Å². The quantitative estimate of drug-likeness (QED) is 0.674. The molecule has 8 heteroatoms. The summed E-state index contributed by atoms with van der Waals surface area (Å²) in [4.78, 5) is 12.8. The van der Waals surface area contributed by atoms with E-state index >= 15 is 0 Å². The van der Waals surface area contributed by atoms with Crippen LogP contribution in [-0.4, -0.2) is 19.9 Å². The van der Waals surface area contributed by atoms with Crippen LogP contribution in [-0.2, 0) is 23.0 Å². The van der Waals surface area contributed by atoms with Gasteiger partial charge in [0.05, 0.1) is 9.82 Å². The van der Waals surface area contributed by atoms with Gasteiger partial charge >= 0.3 is 0 Å². The number of rotatable bonds is 4. The van der Waals surface area contributed by atoms with Crippen LogP contribution in [0, 0.1) is 10.1 Å². The Morgan fingerprint density at radius 1 is 1.21 bits per heavy atom. The first-order valence-electron chi connectivity index (χ1n) is 7.49. The average molecular weight is 347 g/mol. The molecular weight excluding hydrogens is 330 g/mol. The number of primary sulfonamides is 1. The highest BCUT2D eigenvalue weighted by atomic mass is 32.2. The molecule has 0 bridgehead atoms. The highest BCUT2D eigenvalue weighted by Crippen LogP contribution is 2.32. The fraction of sp³-hybridized carbons (Fsp3) is 0.250. The molecule has 0 saturated heterocycles. The van der Waals surface area contributed by atoms with E-state index in [1.165, 1.54) is 12.1 Å². The fourth-order valence-electron chi connectivity index (χ4n) is 3.00. The minimum Gasteiger partial charge on any atom is -0.367 e. The second-order valence-corrected chi connectivity index (χ2v) is 7.31. The molecule has 7 nitrogen and oxygen atoms in total. The lowest BCUT2D eigenvalue weighted by atomic mass is 10.0. The first-order valence-corrected chi connectivity index (χ1v) is 9.04. The van der Waals surface area contributed by atoms with Crippen LogP contribution in [0.3, 0.4) is 0 Å². The second kappa shape index (κ2) is 6.21. The Labute approximate surface area is 139 Å². The normalized spacial score (nSPS) is 14.3. The Hall–Kier alpha value is -2.45. The molecule has 1 aliphatic rings. The molecule has 0 fully saturated rings. The molecule has 1 heterocycles. The van der Waals surface area contributed by atoms with E-state index in [9.17, 15) is 18.5 Å². The third kappa shape index (κ3) is 3.24. The van der Waals surface area contributed by atoms with Gasteiger partial charge in [0, 0.05) is 30.4 Å². The minimum absolute atomic E-state index is 0.0516. The maximum atomic E-state index is 11.6. The van der Waals surface area contributed by atoms with E-state index in [1.54, 1.807) is 30.3 Å². The molecule has 0 atom stereocenters. The van der Waals surface area contributed by atoms with Gasteiger partial charge in [-0.2, -0.15) is 0 Å². The van der Waals surface area contributed by atoms with E-state index < -0.39 is 14.9 Å². The van der Waals surface area contributed by atoms with Crippen molar-refractivity contribution in [3.8, 4) is 0 Å². The van der Waals surface area contributed by atoms with Gasteiger partial charge in [0.2, 0.25) is 10.0 Å². The van der Waals surface area contributed by atoms with Crippen molar-refractivity contribution in [1.82, 2.24) is 0 Å². The van der Waals surface area contributed by atoms with Gasteiger partial charge in [0.25, 0.3) is 5.69 Å². The van der Waals surface area contributed by atoms with E-state index in [-0.39, 0.29) is 10.6 Å².